The molecule has 3 aliphatic rings. The van der Waals surface area contributed by atoms with E-state index in [-0.39, 0.29) is 17.0 Å². The van der Waals surface area contributed by atoms with Gasteiger partial charge in [0, 0.05) is 34.7 Å². The molecule has 0 amide bonds. The van der Waals surface area contributed by atoms with Crippen LogP contribution in [0.2, 0.25) is 0 Å². The number of rotatable bonds is 24. The van der Waals surface area contributed by atoms with Gasteiger partial charge < -0.3 is 110 Å². The number of aromatic nitrogens is 9. The van der Waals surface area contributed by atoms with Crippen molar-refractivity contribution in [3.8, 4) is 33.9 Å². The molecule has 0 saturated carbocycles. The monoisotopic (exact) mass is 1820 g/mol. The Morgan fingerprint density at radius 3 is 1.00 bits per heavy atom. The van der Waals surface area contributed by atoms with Crippen LogP contribution in [-0.4, -0.2) is 190 Å². The van der Waals surface area contributed by atoms with Crippen molar-refractivity contribution >= 4 is 156 Å². The number of H-pyrrole nitrogens is 3. The van der Waals surface area contributed by atoms with Gasteiger partial charge >= 0.3 is 70.4 Å². The van der Waals surface area contributed by atoms with E-state index in [0.29, 0.717) is 21.5 Å². The summed E-state index contributed by atoms with van der Waals surface area (Å²) < 4.78 is 234. The van der Waals surface area contributed by atoms with Crippen molar-refractivity contribution in [2.45, 2.75) is 111 Å². The van der Waals surface area contributed by atoms with Gasteiger partial charge in [-0.1, -0.05) is 0 Å². The van der Waals surface area contributed by atoms with Crippen LogP contribution in [0.1, 0.15) is 39.5 Å². The van der Waals surface area contributed by atoms with E-state index in [1.54, 1.807) is 16.1 Å². The molecular weight excluding hydrogens is 1780 g/mol. The van der Waals surface area contributed by atoms with E-state index in [1.807, 2.05) is 27.7 Å². The number of fused-ring (bicyclic) bond motifs is 3. The molecule has 3 saturated heterocycles. The number of aromatic amines is 3. The first-order chi connectivity index (χ1) is 50.0. The van der Waals surface area contributed by atoms with Crippen LogP contribution >= 0.6 is 105 Å². The molecule has 68 heteroatoms. The average molecular weight is 1830 g/mol. The highest BCUT2D eigenvalue weighted by molar-refractivity contribution is 7.68. The minimum absolute atomic E-state index is 0.0479. The number of hydrogen-bond acceptors (Lipinski definition) is 33. The van der Waals surface area contributed by atoms with Gasteiger partial charge in [-0.15, -0.1) is 0 Å². The normalized spacial score (nSPS) is 28.4. The van der Waals surface area contributed by atoms with Gasteiger partial charge in [-0.05, 0) is 79.4 Å². The number of aliphatic hydroxyl groups is 3. The Hall–Kier alpha value is -5.15. The van der Waals surface area contributed by atoms with E-state index in [2.05, 4.69) is 59.4 Å². The lowest BCUT2D eigenvalue weighted by Crippen LogP contribution is -2.44. The maximum Gasteiger partial charge on any atom is 0.490 e. The summed E-state index contributed by atoms with van der Waals surface area (Å²) in [6, 6.07) is 1.23. The van der Waals surface area contributed by atoms with Crippen molar-refractivity contribution in [3.05, 3.63) is 67.4 Å². The van der Waals surface area contributed by atoms with Crippen LogP contribution in [0.5, 0.6) is 0 Å². The van der Waals surface area contributed by atoms with Crippen LogP contribution in [0.3, 0.4) is 0 Å². The molecule has 612 valence electrons. The van der Waals surface area contributed by atoms with E-state index in [0.717, 1.165) is 31.5 Å². The molecule has 110 heavy (non-hydrogen) atoms. The number of anilines is 3. The number of ether oxygens (including phenoxy) is 3. The molecule has 51 nitrogen and oxygen atoms in total. The van der Waals surface area contributed by atoms with Gasteiger partial charge in [-0.3, -0.25) is 52.0 Å². The summed E-state index contributed by atoms with van der Waals surface area (Å²) >= 11 is 16.0. The van der Waals surface area contributed by atoms with E-state index < -0.39 is 223 Å². The fraction of sp³-hybridized carbons (Fsp3) is 0.429. The molecule has 0 spiro atoms. The fourth-order valence-electron chi connectivity index (χ4n) is 10.2. The number of phosphoric ester groups is 3. The Balaban J connectivity index is 0.000000229. The lowest BCUT2D eigenvalue weighted by atomic mass is 9.95. The molecule has 3 fully saturated rings. The number of nitrogen functional groups attached to an aromatic ring is 3. The third kappa shape index (κ3) is 21.5. The Labute approximate surface area is 617 Å². The minimum Gasteiger partial charge on any atom is -0.386 e. The van der Waals surface area contributed by atoms with Crippen LogP contribution in [0.4, 0.5) is 39.8 Å². The van der Waals surface area contributed by atoms with Gasteiger partial charge in [0.15, 0.2) is 47.3 Å². The Morgan fingerprint density at radius 2 is 0.727 bits per heavy atom. The first-order valence-corrected chi connectivity index (χ1v) is 42.6. The highest BCUT2D eigenvalue weighted by atomic mass is 35.5. The number of halogens is 8. The summed E-state index contributed by atoms with van der Waals surface area (Å²) in [5.74, 6) is 1.80. The lowest BCUT2D eigenvalue weighted by molar-refractivity contribution is -0.0755. The molecule has 21 atom stereocenters. The molecule has 0 radical (unpaired) electrons. The van der Waals surface area contributed by atoms with Crippen LogP contribution < -0.4 is 33.9 Å². The van der Waals surface area contributed by atoms with Gasteiger partial charge in [0.2, 0.25) is 34.9 Å². The number of alkyl halides is 3. The summed E-state index contributed by atoms with van der Waals surface area (Å²) in [5.41, 5.74) is 2.95. The van der Waals surface area contributed by atoms with Crippen molar-refractivity contribution < 1.29 is 191 Å². The third-order valence-corrected chi connectivity index (χ3v) is 26.1. The third-order valence-electron chi connectivity index (χ3n) is 14.1. The number of nitrogens with zero attached hydrogens (tertiary/aromatic N) is 6. The second-order valence-corrected chi connectivity index (χ2v) is 35.5. The van der Waals surface area contributed by atoms with Gasteiger partial charge in [0.05, 0.1) is 23.7 Å². The number of nitrogens with two attached hydrogens (primary N) is 3. The van der Waals surface area contributed by atoms with Crippen molar-refractivity contribution in [1.29, 1.82) is 0 Å². The number of phosphoric acid groups is 9. The second-order valence-electron chi connectivity index (χ2n) is 21.8. The zero-order valence-corrected chi connectivity index (χ0v) is 63.5. The topological polar surface area (TPSA) is 798 Å². The van der Waals surface area contributed by atoms with Gasteiger partial charge in [0.1, 0.15) is 47.4 Å². The van der Waals surface area contributed by atoms with E-state index in [1.165, 1.54) is 6.07 Å². The quantitative estimate of drug-likeness (QED) is 0.0227. The van der Waals surface area contributed by atoms with E-state index in [4.69, 9.17) is 95.6 Å². The largest absolute Gasteiger partial charge is 0.490 e. The SMILES string of the molecule is C[C@@H](OP(=O)(O)OP(=O)(O)OP(=O)(O)O)[C@H]1O[C@@H](n2cc(F)c3c(=O)[nH]c(N)nc32)C(F)(C#CCl)[C@H]1O.C[C@@H](OP(=O)(O)OP(=O)(O)OP(=O)(O)O)[C@H]1O[C@@H](n2ccc3c(=O)[nH]c(N)nc32)C(F)(C#CCl)[C@H]1O.C[C@H](OP(=O)(O)OP(=O)(O)OP(=O)(O)O)[C@H]1O[C@@H](n2cc(F)c3c(=O)[nH]c(N)nc32)C(F)(C#CCl)[C@H]1O. The van der Waals surface area contributed by atoms with Crippen LogP contribution in [-0.2, 0) is 94.7 Å². The predicted octanol–water partition coefficient (Wildman–Crippen LogP) is 0.893. The molecule has 9 heterocycles. The molecule has 0 bridgehead atoms. The Morgan fingerprint density at radius 1 is 0.464 bits per heavy atom. The summed E-state index contributed by atoms with van der Waals surface area (Å²) in [5, 5.41) is 35.6. The Kier molecular flexibility index (Phi) is 27.8. The standard InChI is InChI=1S/2C14H16ClF2N4O13P3.C14H17ClFN4O13P3/c2*1-5(32-36(27,28)34-37(29,30)33-35(24,25)26)8-9(22)14(17,2-3-15)12(31-8)21-4-6(16)7-10(21)19-13(18)20-11(7)23;1-6(31-35(26,27)33-36(28,29)32-34(23,24)25)8-9(21)14(16,3-4-15)12(30-8)20-5-2-7-10(20)18-13(17)19-11(7)22/h2*4-5,8-9,12,22H,1H3,(H,27,28)(H,29,30)(H2,24,25,26)(H3,18,19,20,23);2,5-6,8-9,12,21H,1H3,(H,26,27)(H,28,29)(H2,23,24,25)(H3,17,18,19,22)/t5-,8+,9-,12+,14?;5-,8-,9+,12-,14?;6-,8-,9+,12-,14?/m011/s1. The molecule has 6 aromatic heterocycles. The predicted molar refractivity (Wildman–Crippen MR) is 350 cm³/mol. The van der Waals surface area contributed by atoms with Crippen molar-refractivity contribution in [2.24, 2.45) is 0 Å². The molecule has 24 N–H and O–H groups in total. The van der Waals surface area contributed by atoms with Crippen LogP contribution in [0.25, 0.3) is 33.1 Å². The molecule has 6 aromatic rings. The van der Waals surface area contributed by atoms with Crippen molar-refractivity contribution in [2.75, 3.05) is 17.2 Å². The zero-order valence-electron chi connectivity index (χ0n) is 53.2. The number of aliphatic hydroxyl groups excluding tert-OH is 3. The van der Waals surface area contributed by atoms with Gasteiger partial charge in [0.25, 0.3) is 16.7 Å². The summed E-state index contributed by atoms with van der Waals surface area (Å²) in [4.78, 5) is 162. The summed E-state index contributed by atoms with van der Waals surface area (Å²) in [6.07, 6.45) is -22.3. The van der Waals surface area contributed by atoms with Crippen LogP contribution in [0, 0.1) is 45.5 Å². The molecule has 9 rings (SSSR count). The molecule has 0 aromatic carbocycles. The van der Waals surface area contributed by atoms with Crippen LogP contribution in [0.15, 0.2) is 39.0 Å². The Bertz CT molecular complexity index is 5220. The molecule has 3 aliphatic heterocycles. The zero-order chi connectivity index (χ0) is 83.5. The van der Waals surface area contributed by atoms with Gasteiger partial charge in [-0.25, -0.2) is 63.0 Å². The van der Waals surface area contributed by atoms with Gasteiger partial charge in [-0.2, -0.15) is 40.8 Å². The first-order valence-electron chi connectivity index (χ1n) is 27.9. The maximum absolute atomic E-state index is 16.0. The fourth-order valence-corrected chi connectivity index (χ4v) is 20.3. The smallest absolute Gasteiger partial charge is 0.386 e. The minimum atomic E-state index is -5.89. The van der Waals surface area contributed by atoms with E-state index >= 15 is 13.2 Å². The molecule has 0 aliphatic carbocycles. The molecule has 9 unspecified atom stereocenters. The molecular formula is C42H49Cl3F5N12O39P9. The summed E-state index contributed by atoms with van der Waals surface area (Å²) in [7, 11) is -51.7. The average Bonchev–Trinajstić information content (AvgIpc) is 1.59. The summed E-state index contributed by atoms with van der Waals surface area (Å²) in [6.45, 7) is 2.73. The number of hydrogen-bond donors (Lipinski definition) is 21. The van der Waals surface area contributed by atoms with Crippen molar-refractivity contribution in [1.82, 2.24) is 43.6 Å². The first kappa shape index (κ1) is 92.0. The number of nitrogens with one attached hydrogen (secondary N) is 3. The highest BCUT2D eigenvalue weighted by Gasteiger charge is 2.64. The highest BCUT2D eigenvalue weighted by Crippen LogP contribution is 2.70. The maximum atomic E-state index is 16.0. The van der Waals surface area contributed by atoms with E-state index in [9.17, 15) is 109 Å². The van der Waals surface area contributed by atoms with Crippen molar-refractivity contribution in [3.63, 3.8) is 0 Å². The lowest BCUT2D eigenvalue weighted by Gasteiger charge is -2.25. The second kappa shape index (κ2) is 33.2.